The molecule has 1 saturated carbocycles. The zero-order valence-electron chi connectivity index (χ0n) is 18.0. The molecule has 3 atom stereocenters. The van der Waals surface area contributed by atoms with Crippen molar-refractivity contribution in [1.29, 1.82) is 5.26 Å². The molecule has 3 aliphatic rings. The highest BCUT2D eigenvalue weighted by Gasteiger charge is 2.55. The highest BCUT2D eigenvalue weighted by atomic mass is 19.1. The molecule has 0 bridgehead atoms. The number of carbonyl (C=O) groups excluding carboxylic acids is 1. The Labute approximate surface area is 186 Å². The Morgan fingerprint density at radius 2 is 2.03 bits per heavy atom. The van der Waals surface area contributed by atoms with Crippen LogP contribution in [0.5, 0.6) is 0 Å². The van der Waals surface area contributed by atoms with Crippen molar-refractivity contribution in [3.8, 4) is 6.07 Å². The van der Waals surface area contributed by atoms with Gasteiger partial charge in [0.2, 0.25) is 0 Å². The summed E-state index contributed by atoms with van der Waals surface area (Å²) in [7, 11) is 0. The maximum Gasteiger partial charge on any atom is 0.166 e. The summed E-state index contributed by atoms with van der Waals surface area (Å²) in [5.74, 6) is -0.365. The Balaban J connectivity index is 1.32. The van der Waals surface area contributed by atoms with E-state index in [1.54, 1.807) is 18.6 Å². The summed E-state index contributed by atoms with van der Waals surface area (Å²) in [6.45, 7) is 1.86. The number of ketones is 1. The van der Waals surface area contributed by atoms with Gasteiger partial charge in [0.25, 0.3) is 0 Å². The normalized spacial score (nSPS) is 33.2. The van der Waals surface area contributed by atoms with E-state index in [0.29, 0.717) is 31.2 Å². The smallest absolute Gasteiger partial charge is 0.166 e. The van der Waals surface area contributed by atoms with E-state index in [1.165, 1.54) is 6.08 Å². The van der Waals surface area contributed by atoms with Crippen LogP contribution in [-0.2, 0) is 4.79 Å². The summed E-state index contributed by atoms with van der Waals surface area (Å²) in [5.41, 5.74) is 0.425. The van der Waals surface area contributed by atoms with Gasteiger partial charge in [-0.3, -0.25) is 4.79 Å². The molecule has 1 aliphatic heterocycles. The maximum atomic E-state index is 15.1. The highest BCUT2D eigenvalue weighted by molar-refractivity contribution is 5.87. The molecule has 0 radical (unpaired) electrons. The first kappa shape index (κ1) is 20.8. The Morgan fingerprint density at radius 1 is 1.31 bits per heavy atom. The topological polar surface area (TPSA) is 78.9 Å². The molecule has 2 aromatic rings. The van der Waals surface area contributed by atoms with Crippen LogP contribution in [0, 0.1) is 16.7 Å². The minimum atomic E-state index is -1.39. The number of Topliss-reactive ketones (excluding diaryl/α,β-unsaturated/α-hetero) is 1. The van der Waals surface area contributed by atoms with E-state index in [-0.39, 0.29) is 29.9 Å². The van der Waals surface area contributed by atoms with Crippen molar-refractivity contribution in [2.45, 2.75) is 62.5 Å². The van der Waals surface area contributed by atoms with Gasteiger partial charge in [-0.25, -0.2) is 9.37 Å². The largest absolute Gasteiger partial charge is 0.382 e. The zero-order valence-corrected chi connectivity index (χ0v) is 18.0. The van der Waals surface area contributed by atoms with Crippen LogP contribution in [0.2, 0.25) is 0 Å². The second-order valence-electron chi connectivity index (χ2n) is 9.57. The number of aromatic nitrogens is 2. The van der Waals surface area contributed by atoms with Crippen LogP contribution in [0.3, 0.4) is 0 Å². The Bertz CT molecular complexity index is 1150. The number of rotatable bonds is 4. The van der Waals surface area contributed by atoms with E-state index < -0.39 is 17.1 Å². The third-order valence-electron chi connectivity index (χ3n) is 7.97. The number of fused-ring (bicyclic) bond motifs is 3. The molecule has 6 heteroatoms. The van der Waals surface area contributed by atoms with Crippen LogP contribution in [0.15, 0.2) is 60.8 Å². The molecule has 0 amide bonds. The van der Waals surface area contributed by atoms with Gasteiger partial charge >= 0.3 is 0 Å². The van der Waals surface area contributed by atoms with Crippen molar-refractivity contribution < 1.29 is 14.3 Å². The standard InChI is InChI=1S/C26H26FN3O2/c1-25-20(3-2-4-22(25)27)21-15-29-16-30(21)23(25)13-24(31)26(32)11-9-19(10-12-26)18-7-5-17(14-28)6-8-18/h2-8,15-16,19-20,23,32H,9-13H2,1H3. The van der Waals surface area contributed by atoms with Gasteiger partial charge in [-0.15, -0.1) is 0 Å². The highest BCUT2D eigenvalue weighted by Crippen LogP contribution is 2.59. The molecule has 2 aliphatic carbocycles. The number of allylic oxidation sites excluding steroid dienone is 4. The fraction of sp³-hybridized carbons (Fsp3) is 0.423. The molecule has 2 heterocycles. The number of nitrogens with zero attached hydrogens (tertiary/aromatic N) is 3. The van der Waals surface area contributed by atoms with Crippen LogP contribution in [0.25, 0.3) is 0 Å². The molecule has 0 spiro atoms. The summed E-state index contributed by atoms with van der Waals surface area (Å²) < 4.78 is 17.0. The lowest BCUT2D eigenvalue weighted by Crippen LogP contribution is -2.44. The summed E-state index contributed by atoms with van der Waals surface area (Å²) in [5, 5.41) is 20.2. The fourth-order valence-corrected chi connectivity index (χ4v) is 5.87. The summed E-state index contributed by atoms with van der Waals surface area (Å²) >= 11 is 0. The molecule has 1 aromatic carbocycles. The third kappa shape index (κ3) is 3.07. The lowest BCUT2D eigenvalue weighted by molar-refractivity contribution is -0.142. The van der Waals surface area contributed by atoms with Gasteiger partial charge in [0.05, 0.1) is 29.4 Å². The van der Waals surface area contributed by atoms with Crippen LogP contribution in [0.4, 0.5) is 4.39 Å². The van der Waals surface area contributed by atoms with Gasteiger partial charge in [-0.05, 0) is 55.4 Å². The molecule has 1 N–H and O–H groups in total. The molecule has 3 unspecified atom stereocenters. The third-order valence-corrected chi connectivity index (χ3v) is 7.97. The Hall–Kier alpha value is -3.04. The van der Waals surface area contributed by atoms with Crippen molar-refractivity contribution >= 4 is 5.78 Å². The maximum absolute atomic E-state index is 15.1. The van der Waals surface area contributed by atoms with Gasteiger partial charge in [0, 0.05) is 24.2 Å². The predicted octanol–water partition coefficient (Wildman–Crippen LogP) is 4.87. The van der Waals surface area contributed by atoms with Crippen LogP contribution < -0.4 is 0 Å². The number of nitriles is 1. The number of hydrogen-bond donors (Lipinski definition) is 1. The molecule has 32 heavy (non-hydrogen) atoms. The van der Waals surface area contributed by atoms with Crippen LogP contribution in [0.1, 0.15) is 73.7 Å². The van der Waals surface area contributed by atoms with Gasteiger partial charge in [-0.2, -0.15) is 5.26 Å². The number of benzene rings is 1. The molecule has 0 saturated heterocycles. The number of carbonyl (C=O) groups is 1. The van der Waals surface area contributed by atoms with Crippen molar-refractivity contribution in [2.24, 2.45) is 5.41 Å². The van der Waals surface area contributed by atoms with Gasteiger partial charge in [-0.1, -0.05) is 31.2 Å². The second kappa shape index (κ2) is 7.53. The van der Waals surface area contributed by atoms with E-state index in [1.807, 2.05) is 41.8 Å². The quantitative estimate of drug-likeness (QED) is 0.749. The Kier molecular flexibility index (Phi) is 4.90. The van der Waals surface area contributed by atoms with Crippen molar-refractivity contribution in [2.75, 3.05) is 0 Å². The average Bonchev–Trinajstić information content (AvgIpc) is 3.36. The second-order valence-corrected chi connectivity index (χ2v) is 9.57. The predicted molar refractivity (Wildman–Crippen MR) is 117 cm³/mol. The summed E-state index contributed by atoms with van der Waals surface area (Å²) in [6.07, 6.45) is 10.8. The minimum Gasteiger partial charge on any atom is -0.382 e. The molecule has 5 nitrogen and oxygen atoms in total. The van der Waals surface area contributed by atoms with Gasteiger partial charge < -0.3 is 9.67 Å². The minimum absolute atomic E-state index is 0.0729. The number of hydrogen-bond acceptors (Lipinski definition) is 4. The lowest BCUT2D eigenvalue weighted by Gasteiger charge is -2.39. The van der Waals surface area contributed by atoms with Crippen LogP contribution >= 0.6 is 0 Å². The van der Waals surface area contributed by atoms with Crippen molar-refractivity contribution in [3.05, 3.63) is 77.7 Å². The first-order valence-electron chi connectivity index (χ1n) is 11.2. The van der Waals surface area contributed by atoms with E-state index in [4.69, 9.17) is 5.26 Å². The molecular formula is C26H26FN3O2. The van der Waals surface area contributed by atoms with Gasteiger partial charge in [0.1, 0.15) is 11.4 Å². The van der Waals surface area contributed by atoms with E-state index in [0.717, 1.165) is 11.3 Å². The molecular weight excluding hydrogens is 405 g/mol. The number of aliphatic hydroxyl groups is 1. The first-order chi connectivity index (χ1) is 15.4. The molecule has 1 fully saturated rings. The molecule has 1 aromatic heterocycles. The summed E-state index contributed by atoms with van der Waals surface area (Å²) in [4.78, 5) is 17.6. The molecule has 164 valence electrons. The summed E-state index contributed by atoms with van der Waals surface area (Å²) in [6, 6.07) is 9.24. The van der Waals surface area contributed by atoms with Crippen molar-refractivity contribution in [1.82, 2.24) is 9.55 Å². The number of halogens is 1. The fourth-order valence-electron chi connectivity index (χ4n) is 5.87. The van der Waals surface area contributed by atoms with Crippen LogP contribution in [-0.4, -0.2) is 26.0 Å². The first-order valence-corrected chi connectivity index (χ1v) is 11.2. The average molecular weight is 432 g/mol. The lowest BCUT2D eigenvalue weighted by atomic mass is 9.67. The van der Waals surface area contributed by atoms with E-state index in [9.17, 15) is 9.90 Å². The molecule has 5 rings (SSSR count). The zero-order chi connectivity index (χ0) is 22.5. The van der Waals surface area contributed by atoms with E-state index >= 15 is 4.39 Å². The Morgan fingerprint density at radius 3 is 2.72 bits per heavy atom. The van der Waals surface area contributed by atoms with Crippen molar-refractivity contribution in [3.63, 3.8) is 0 Å². The van der Waals surface area contributed by atoms with Gasteiger partial charge in [0.15, 0.2) is 5.78 Å². The SMILES string of the molecule is CC12C(F)=CC=CC1c1cncn1C2CC(=O)C1(O)CCC(c2ccc(C#N)cc2)CC1. The van der Waals surface area contributed by atoms with E-state index in [2.05, 4.69) is 11.1 Å². The monoisotopic (exact) mass is 431 g/mol. The number of imidazole rings is 1.